The fourth-order valence-electron chi connectivity index (χ4n) is 3.88. The third-order valence-corrected chi connectivity index (χ3v) is 5.52. The number of rotatable bonds is 3. The van der Waals surface area contributed by atoms with Gasteiger partial charge in [0, 0.05) is 50.5 Å². The number of pyridine rings is 1. The molecule has 0 bridgehead atoms. The zero-order valence-corrected chi connectivity index (χ0v) is 16.1. The molecule has 0 aliphatic carbocycles. The quantitative estimate of drug-likeness (QED) is 0.905. The average Bonchev–Trinajstić information content (AvgIpc) is 2.69. The minimum absolute atomic E-state index is 0.765. The molecular weight excluding hydrogens is 336 g/mol. The third-order valence-electron chi connectivity index (χ3n) is 5.52. The number of aromatic nitrogens is 1. The number of anilines is 3. The van der Waals surface area contributed by atoms with Crippen molar-refractivity contribution in [2.45, 2.75) is 13.0 Å². The molecule has 1 aromatic carbocycles. The zero-order valence-electron chi connectivity index (χ0n) is 16.1. The van der Waals surface area contributed by atoms with Crippen molar-refractivity contribution in [1.29, 1.82) is 5.26 Å². The van der Waals surface area contributed by atoms with E-state index in [-0.39, 0.29) is 0 Å². The lowest BCUT2D eigenvalue weighted by Gasteiger charge is -2.35. The predicted molar refractivity (Wildman–Crippen MR) is 108 cm³/mol. The number of likely N-dealkylation sites (N-methyl/N-ethyl adjacent to an activating group) is 2. The van der Waals surface area contributed by atoms with Crippen molar-refractivity contribution in [1.82, 2.24) is 14.8 Å². The molecule has 1 fully saturated rings. The van der Waals surface area contributed by atoms with Crippen molar-refractivity contribution in [3.05, 3.63) is 47.0 Å². The van der Waals surface area contributed by atoms with E-state index in [9.17, 15) is 5.26 Å². The summed E-state index contributed by atoms with van der Waals surface area (Å²) >= 11 is 0. The lowest BCUT2D eigenvalue weighted by molar-refractivity contribution is 0.309. The summed E-state index contributed by atoms with van der Waals surface area (Å²) in [4.78, 5) is 11.9. The number of hydrogen-bond donors (Lipinski definition) is 1. The van der Waals surface area contributed by atoms with Gasteiger partial charge < -0.3 is 20.0 Å². The second-order valence-corrected chi connectivity index (χ2v) is 7.50. The van der Waals surface area contributed by atoms with Crippen LogP contribution >= 0.6 is 0 Å². The van der Waals surface area contributed by atoms with Crippen LogP contribution in [0.15, 0.2) is 30.3 Å². The monoisotopic (exact) mass is 362 g/mol. The Balaban J connectivity index is 1.79. The van der Waals surface area contributed by atoms with E-state index < -0.39 is 0 Å². The molecule has 6 heteroatoms. The first-order valence-electron chi connectivity index (χ1n) is 9.55. The largest absolute Gasteiger partial charge is 0.353 e. The Bertz CT molecular complexity index is 849. The van der Waals surface area contributed by atoms with Crippen LogP contribution in [0, 0.1) is 11.3 Å². The second-order valence-electron chi connectivity index (χ2n) is 7.50. The molecule has 0 amide bonds. The molecule has 140 valence electrons. The van der Waals surface area contributed by atoms with Crippen LogP contribution in [-0.4, -0.2) is 61.6 Å². The highest BCUT2D eigenvalue weighted by Crippen LogP contribution is 2.34. The highest BCUT2D eigenvalue weighted by Gasteiger charge is 2.27. The summed E-state index contributed by atoms with van der Waals surface area (Å²) in [5, 5.41) is 13.5. The van der Waals surface area contributed by atoms with Gasteiger partial charge in [0.05, 0.1) is 5.56 Å². The zero-order chi connectivity index (χ0) is 18.8. The fourth-order valence-corrected chi connectivity index (χ4v) is 3.88. The molecule has 3 heterocycles. The van der Waals surface area contributed by atoms with E-state index in [1.165, 1.54) is 0 Å². The van der Waals surface area contributed by atoms with Crippen LogP contribution < -0.4 is 10.2 Å². The van der Waals surface area contributed by atoms with Gasteiger partial charge in [0.2, 0.25) is 0 Å². The third kappa shape index (κ3) is 3.61. The summed E-state index contributed by atoms with van der Waals surface area (Å²) in [5.74, 6) is 1.73. The molecule has 0 spiro atoms. The molecule has 27 heavy (non-hydrogen) atoms. The molecule has 0 atom stereocenters. The number of piperazine rings is 1. The Labute approximate surface area is 161 Å². The van der Waals surface area contributed by atoms with Crippen LogP contribution in [0.25, 0.3) is 0 Å². The van der Waals surface area contributed by atoms with Gasteiger partial charge in [-0.1, -0.05) is 18.2 Å². The maximum atomic E-state index is 9.94. The molecule has 2 aromatic rings. The normalized spacial score (nSPS) is 18.0. The summed E-state index contributed by atoms with van der Waals surface area (Å²) in [7, 11) is 4.26. The van der Waals surface area contributed by atoms with Crippen LogP contribution in [0.3, 0.4) is 0 Å². The van der Waals surface area contributed by atoms with Crippen molar-refractivity contribution in [2.75, 3.05) is 57.0 Å². The maximum Gasteiger partial charge on any atom is 0.149 e. The SMILES string of the molecule is CN1CCN(c2nc(Nc3ccccc3)c3c(c2C#N)CCN(C)C3)CC1. The molecule has 1 saturated heterocycles. The Morgan fingerprint density at radius 1 is 0.963 bits per heavy atom. The topological polar surface area (TPSA) is 58.4 Å². The van der Waals surface area contributed by atoms with E-state index in [0.717, 1.165) is 79.7 Å². The predicted octanol–water partition coefficient (Wildman–Crippen LogP) is 2.44. The summed E-state index contributed by atoms with van der Waals surface area (Å²) in [6.07, 6.45) is 0.890. The van der Waals surface area contributed by atoms with Gasteiger partial charge in [-0.2, -0.15) is 5.26 Å². The minimum atomic E-state index is 0.765. The molecule has 0 radical (unpaired) electrons. The number of fused-ring (bicyclic) bond motifs is 1. The minimum Gasteiger partial charge on any atom is -0.353 e. The lowest BCUT2D eigenvalue weighted by atomic mass is 9.95. The molecule has 2 aliphatic heterocycles. The first-order chi connectivity index (χ1) is 13.2. The molecule has 1 aromatic heterocycles. The van der Waals surface area contributed by atoms with Crippen molar-refractivity contribution in [2.24, 2.45) is 0 Å². The van der Waals surface area contributed by atoms with Crippen molar-refractivity contribution in [3.8, 4) is 6.07 Å². The van der Waals surface area contributed by atoms with Gasteiger partial charge >= 0.3 is 0 Å². The summed E-state index contributed by atoms with van der Waals surface area (Å²) in [5.41, 5.74) is 4.11. The smallest absolute Gasteiger partial charge is 0.149 e. The summed E-state index contributed by atoms with van der Waals surface area (Å²) < 4.78 is 0. The number of para-hydroxylation sites is 1. The number of hydrogen-bond acceptors (Lipinski definition) is 6. The van der Waals surface area contributed by atoms with Gasteiger partial charge in [0.15, 0.2) is 0 Å². The highest BCUT2D eigenvalue weighted by atomic mass is 15.3. The molecular formula is C21H26N6. The Hall–Kier alpha value is -2.62. The van der Waals surface area contributed by atoms with Crippen molar-refractivity contribution in [3.63, 3.8) is 0 Å². The van der Waals surface area contributed by atoms with Gasteiger partial charge in [-0.15, -0.1) is 0 Å². The lowest BCUT2D eigenvalue weighted by Crippen LogP contribution is -2.45. The van der Waals surface area contributed by atoms with Crippen molar-refractivity contribution < 1.29 is 0 Å². The fraction of sp³-hybridized carbons (Fsp3) is 0.429. The second kappa shape index (κ2) is 7.55. The first-order valence-corrected chi connectivity index (χ1v) is 9.55. The van der Waals surface area contributed by atoms with Crippen LogP contribution in [0.1, 0.15) is 16.7 Å². The number of nitrogens with zero attached hydrogens (tertiary/aromatic N) is 5. The maximum absolute atomic E-state index is 9.94. The summed E-state index contributed by atoms with van der Waals surface area (Å²) in [6.45, 7) is 5.58. The number of benzene rings is 1. The highest BCUT2D eigenvalue weighted by molar-refractivity contribution is 5.70. The van der Waals surface area contributed by atoms with E-state index in [1.807, 2.05) is 30.3 Å². The van der Waals surface area contributed by atoms with Crippen LogP contribution in [0.5, 0.6) is 0 Å². The van der Waals surface area contributed by atoms with E-state index in [2.05, 4.69) is 40.2 Å². The Morgan fingerprint density at radius 3 is 2.41 bits per heavy atom. The molecule has 1 N–H and O–H groups in total. The summed E-state index contributed by atoms with van der Waals surface area (Å²) in [6, 6.07) is 12.6. The number of nitrogens with one attached hydrogen (secondary N) is 1. The van der Waals surface area contributed by atoms with E-state index in [0.29, 0.717) is 0 Å². The van der Waals surface area contributed by atoms with Gasteiger partial charge in [-0.25, -0.2) is 4.98 Å². The molecule has 0 unspecified atom stereocenters. The van der Waals surface area contributed by atoms with Gasteiger partial charge in [-0.3, -0.25) is 0 Å². The Morgan fingerprint density at radius 2 is 1.70 bits per heavy atom. The van der Waals surface area contributed by atoms with Crippen LogP contribution in [-0.2, 0) is 13.0 Å². The van der Waals surface area contributed by atoms with Gasteiger partial charge in [0.25, 0.3) is 0 Å². The molecule has 6 nitrogen and oxygen atoms in total. The van der Waals surface area contributed by atoms with E-state index >= 15 is 0 Å². The standard InChI is InChI=1S/C21H26N6/c1-25-10-12-27(13-11-25)21-18(14-22)17-8-9-26(2)15-19(17)20(24-21)23-16-6-4-3-5-7-16/h3-7H,8-13,15H2,1-2H3,(H,23,24). The van der Waals surface area contributed by atoms with Gasteiger partial charge in [-0.05, 0) is 38.2 Å². The first kappa shape index (κ1) is 17.8. The van der Waals surface area contributed by atoms with Crippen molar-refractivity contribution >= 4 is 17.3 Å². The van der Waals surface area contributed by atoms with E-state index in [1.54, 1.807) is 0 Å². The van der Waals surface area contributed by atoms with E-state index in [4.69, 9.17) is 4.98 Å². The number of nitriles is 1. The van der Waals surface area contributed by atoms with Gasteiger partial charge in [0.1, 0.15) is 17.7 Å². The average molecular weight is 362 g/mol. The molecule has 2 aliphatic rings. The Kier molecular flexibility index (Phi) is 4.97. The van der Waals surface area contributed by atoms with Crippen LogP contribution in [0.2, 0.25) is 0 Å². The molecule has 0 saturated carbocycles. The molecule has 4 rings (SSSR count). The van der Waals surface area contributed by atoms with Crippen LogP contribution in [0.4, 0.5) is 17.3 Å².